The lowest BCUT2D eigenvalue weighted by molar-refractivity contribution is -0.274. The first-order valence-corrected chi connectivity index (χ1v) is 14.6. The number of carbonyl (C=O) groups is 1. The average Bonchev–Trinajstić information content (AvgIpc) is 3.60. The highest BCUT2D eigenvalue weighted by molar-refractivity contribution is 8.15. The number of aliphatic imine (C=N–C) groups is 1. The highest BCUT2D eigenvalue weighted by Crippen LogP contribution is 2.36. The molecule has 0 bridgehead atoms. The van der Waals surface area contributed by atoms with Crippen LogP contribution in [-0.2, 0) is 10.2 Å². The van der Waals surface area contributed by atoms with E-state index in [1.54, 1.807) is 11.1 Å². The van der Waals surface area contributed by atoms with E-state index in [0.29, 0.717) is 16.7 Å². The maximum absolute atomic E-state index is 12.8. The monoisotopic (exact) mass is 637 g/mol. The summed E-state index contributed by atoms with van der Waals surface area (Å²) < 4.78 is 42.5. The number of anilines is 1. The number of thioether (sulfide) groups is 1. The van der Waals surface area contributed by atoms with Gasteiger partial charge in [-0.3, -0.25) is 15.1 Å². The second-order valence-electron chi connectivity index (χ2n) is 10.5. The Balaban J connectivity index is 1.21. The maximum Gasteiger partial charge on any atom is 0.573 e. The third-order valence-electron chi connectivity index (χ3n) is 6.28. The third-order valence-corrected chi connectivity index (χ3v) is 7.39. The summed E-state index contributed by atoms with van der Waals surface area (Å²) in [5.74, 6) is 0.314. The number of amidine groups is 1. The van der Waals surface area contributed by atoms with E-state index in [9.17, 15) is 18.0 Å². The van der Waals surface area contributed by atoms with Gasteiger partial charge in [0.05, 0.1) is 23.3 Å². The Labute approximate surface area is 260 Å². The fraction of sp³-hybridized carbons (Fsp3) is 0.200. The standard InChI is InChI=1S/C30H26F3N7O2S2/c1-29(2,3)23-6-4-5-7-24(23)40-25(41)17-44-28(40)36-27(43)37-35-16-19-8-10-20(11-9-19)26-34-18-39(38-26)21-12-14-22(15-13-21)42-30(31,32)33/h4-16,18H,17H2,1-3H3,(H,37,43)/b35-16+,36-28-. The lowest BCUT2D eigenvalue weighted by Gasteiger charge is -2.27. The number of hydrogen-bond acceptors (Lipinski definition) is 7. The number of hydrogen-bond donors (Lipinski definition) is 1. The fourth-order valence-corrected chi connectivity index (χ4v) is 5.36. The Hall–Kier alpha value is -4.56. The molecular weight excluding hydrogens is 612 g/mol. The quantitative estimate of drug-likeness (QED) is 0.147. The molecule has 9 nitrogen and oxygen atoms in total. The number of rotatable bonds is 6. The number of alkyl halides is 3. The van der Waals surface area contributed by atoms with E-state index in [1.165, 1.54) is 47.0 Å². The normalized spacial score (nSPS) is 14.9. The van der Waals surface area contributed by atoms with Gasteiger partial charge in [0.1, 0.15) is 12.1 Å². The zero-order valence-electron chi connectivity index (χ0n) is 23.7. The molecule has 0 unspecified atom stereocenters. The van der Waals surface area contributed by atoms with E-state index in [0.717, 1.165) is 22.4 Å². The van der Waals surface area contributed by atoms with Crippen molar-refractivity contribution in [3.63, 3.8) is 0 Å². The molecule has 3 aromatic carbocycles. The van der Waals surface area contributed by atoms with E-state index in [-0.39, 0.29) is 27.9 Å². The minimum absolute atomic E-state index is 0.0652. The van der Waals surface area contributed by atoms with Crippen molar-refractivity contribution in [2.24, 2.45) is 10.1 Å². The Morgan fingerprint density at radius 1 is 1.05 bits per heavy atom. The molecule has 0 radical (unpaired) electrons. The first kappa shape index (κ1) is 30.9. The molecule has 5 rings (SSSR count). The summed E-state index contributed by atoms with van der Waals surface area (Å²) in [6, 6.07) is 20.3. The number of nitrogens with one attached hydrogen (secondary N) is 1. The van der Waals surface area contributed by atoms with Crippen LogP contribution in [0.1, 0.15) is 31.9 Å². The van der Waals surface area contributed by atoms with Crippen LogP contribution in [-0.4, -0.2) is 49.3 Å². The molecule has 1 aromatic heterocycles. The van der Waals surface area contributed by atoms with E-state index in [2.05, 4.69) is 51.1 Å². The summed E-state index contributed by atoms with van der Waals surface area (Å²) in [7, 11) is 0. The van der Waals surface area contributed by atoms with Crippen LogP contribution in [0.25, 0.3) is 17.1 Å². The zero-order chi connectivity index (χ0) is 31.5. The van der Waals surface area contributed by atoms with Crippen LogP contribution >= 0.6 is 24.0 Å². The second-order valence-corrected chi connectivity index (χ2v) is 11.9. The van der Waals surface area contributed by atoms with Crippen molar-refractivity contribution in [3.8, 4) is 22.8 Å². The Bertz CT molecular complexity index is 1730. The highest BCUT2D eigenvalue weighted by Gasteiger charge is 2.33. The van der Waals surface area contributed by atoms with Crippen LogP contribution in [0.5, 0.6) is 5.75 Å². The maximum atomic E-state index is 12.8. The minimum atomic E-state index is -4.76. The summed E-state index contributed by atoms with van der Waals surface area (Å²) in [6.07, 6.45) is -1.71. The number of nitrogens with zero attached hydrogens (tertiary/aromatic N) is 6. The molecule has 1 aliphatic heterocycles. The molecule has 0 spiro atoms. The number of thiocarbonyl (C=S) groups is 1. The number of carbonyl (C=O) groups excluding carboxylic acids is 1. The highest BCUT2D eigenvalue weighted by atomic mass is 32.2. The Kier molecular flexibility index (Phi) is 8.83. The first-order chi connectivity index (χ1) is 20.9. The smallest absolute Gasteiger partial charge is 0.406 e. The van der Waals surface area contributed by atoms with Crippen molar-refractivity contribution >= 4 is 52.1 Å². The fourth-order valence-electron chi connectivity index (χ4n) is 4.30. The van der Waals surface area contributed by atoms with Crippen LogP contribution in [0, 0.1) is 0 Å². The second kappa shape index (κ2) is 12.6. The molecule has 0 saturated carbocycles. The number of aromatic nitrogens is 3. The topological polar surface area (TPSA) is 97.0 Å². The first-order valence-electron chi connectivity index (χ1n) is 13.2. The van der Waals surface area contributed by atoms with Crippen LogP contribution in [0.4, 0.5) is 18.9 Å². The number of hydrazone groups is 1. The molecule has 1 aliphatic rings. The molecule has 0 aliphatic carbocycles. The van der Waals surface area contributed by atoms with Gasteiger partial charge in [-0.25, -0.2) is 9.67 Å². The molecule has 1 amide bonds. The Morgan fingerprint density at radius 2 is 1.75 bits per heavy atom. The van der Waals surface area contributed by atoms with Gasteiger partial charge >= 0.3 is 6.36 Å². The van der Waals surface area contributed by atoms with E-state index in [1.807, 2.05) is 48.5 Å². The van der Waals surface area contributed by atoms with Crippen LogP contribution in [0.2, 0.25) is 0 Å². The summed E-state index contributed by atoms with van der Waals surface area (Å²) in [6.45, 7) is 6.28. The molecule has 4 aromatic rings. The molecule has 1 N–H and O–H groups in total. The largest absolute Gasteiger partial charge is 0.573 e. The van der Waals surface area contributed by atoms with Gasteiger partial charge in [0.15, 0.2) is 11.0 Å². The summed E-state index contributed by atoms with van der Waals surface area (Å²) in [5.41, 5.74) is 6.39. The number of benzene rings is 3. The molecule has 0 atom stereocenters. The van der Waals surface area contributed by atoms with Gasteiger partial charge in [-0.2, -0.15) is 10.1 Å². The van der Waals surface area contributed by atoms with Crippen molar-refractivity contribution < 1.29 is 22.7 Å². The SMILES string of the molecule is CC(C)(C)c1ccccc1N1C(=O)CS/C1=N\C(=S)N/N=C/c1ccc(-c2ncn(-c3ccc(OC(F)(F)F)cc3)n2)cc1. The van der Waals surface area contributed by atoms with E-state index < -0.39 is 6.36 Å². The molecular formula is C30H26F3N7O2S2. The Morgan fingerprint density at radius 3 is 2.43 bits per heavy atom. The lowest BCUT2D eigenvalue weighted by Crippen LogP contribution is -2.33. The molecule has 44 heavy (non-hydrogen) atoms. The molecule has 14 heteroatoms. The number of para-hydroxylation sites is 1. The summed E-state index contributed by atoms with van der Waals surface area (Å²) in [5, 5.41) is 9.19. The van der Waals surface area contributed by atoms with Gasteiger partial charge in [-0.15, -0.1) is 18.3 Å². The van der Waals surface area contributed by atoms with Gasteiger partial charge in [0.25, 0.3) is 0 Å². The predicted molar refractivity (Wildman–Crippen MR) is 169 cm³/mol. The van der Waals surface area contributed by atoms with Gasteiger partial charge in [-0.1, -0.05) is 75.0 Å². The minimum Gasteiger partial charge on any atom is -0.406 e. The zero-order valence-corrected chi connectivity index (χ0v) is 25.4. The van der Waals surface area contributed by atoms with Crippen molar-refractivity contribution in [1.29, 1.82) is 0 Å². The number of amides is 1. The molecule has 226 valence electrons. The third kappa shape index (κ3) is 7.50. The van der Waals surface area contributed by atoms with Crippen molar-refractivity contribution in [2.75, 3.05) is 10.7 Å². The number of ether oxygens (including phenoxy) is 1. The van der Waals surface area contributed by atoms with Crippen LogP contribution in [0.3, 0.4) is 0 Å². The van der Waals surface area contributed by atoms with Crippen molar-refractivity contribution in [2.45, 2.75) is 32.5 Å². The van der Waals surface area contributed by atoms with E-state index >= 15 is 0 Å². The van der Waals surface area contributed by atoms with Gasteiger partial charge in [-0.05, 0) is 59.1 Å². The van der Waals surface area contributed by atoms with Gasteiger partial charge < -0.3 is 4.74 Å². The lowest BCUT2D eigenvalue weighted by atomic mass is 9.85. The van der Waals surface area contributed by atoms with Crippen LogP contribution < -0.4 is 15.1 Å². The molecule has 1 fully saturated rings. The van der Waals surface area contributed by atoms with Crippen LogP contribution in [0.15, 0.2) is 89.2 Å². The predicted octanol–water partition coefficient (Wildman–Crippen LogP) is 6.47. The average molecular weight is 638 g/mol. The van der Waals surface area contributed by atoms with Gasteiger partial charge in [0.2, 0.25) is 11.0 Å². The number of halogens is 3. The summed E-state index contributed by atoms with van der Waals surface area (Å²) >= 11 is 6.69. The van der Waals surface area contributed by atoms with Crippen molar-refractivity contribution in [1.82, 2.24) is 20.2 Å². The van der Waals surface area contributed by atoms with Gasteiger partial charge in [0, 0.05) is 5.56 Å². The molecule has 1 saturated heterocycles. The van der Waals surface area contributed by atoms with Crippen molar-refractivity contribution in [3.05, 3.63) is 90.3 Å². The van der Waals surface area contributed by atoms with E-state index in [4.69, 9.17) is 12.2 Å². The summed E-state index contributed by atoms with van der Waals surface area (Å²) in [4.78, 5) is 23.1. The molecule has 2 heterocycles.